The van der Waals surface area contributed by atoms with Gasteiger partial charge in [0.25, 0.3) is 0 Å². The Morgan fingerprint density at radius 3 is 2.54 bits per heavy atom. The maximum atomic E-state index is 13.5. The average Bonchev–Trinajstić information content (AvgIpc) is 2.75. The number of fused-ring (bicyclic) bond motifs is 2. The van der Waals surface area contributed by atoms with Crippen LogP contribution < -0.4 is 0 Å². The monoisotopic (exact) mass is 385 g/mol. The van der Waals surface area contributed by atoms with Gasteiger partial charge in [0.05, 0.1) is 23.7 Å². The molecule has 2 spiro atoms. The first-order valence-electron chi connectivity index (χ1n) is 9.65. The van der Waals surface area contributed by atoms with Crippen LogP contribution in [0.15, 0.2) is 23.8 Å². The molecule has 3 N–H and O–H groups in total. The van der Waals surface area contributed by atoms with Crippen LogP contribution in [0.25, 0.3) is 0 Å². The minimum absolute atomic E-state index is 0.0274. The van der Waals surface area contributed by atoms with Crippen LogP contribution >= 0.6 is 0 Å². The molecule has 5 fully saturated rings. The minimum atomic E-state index is -2.31. The Morgan fingerprint density at radius 2 is 1.89 bits per heavy atom. The minimum Gasteiger partial charge on any atom is -0.391 e. The number of aliphatic hydroxyl groups is 3. The second-order valence-electron chi connectivity index (χ2n) is 9.67. The quantitative estimate of drug-likeness (QED) is 0.510. The molecule has 2 unspecified atom stereocenters. The number of allylic oxidation sites excluding steroid dienone is 2. The smallest absolute Gasteiger partial charge is 0.208 e. The fourth-order valence-corrected chi connectivity index (χ4v) is 7.53. The molecule has 0 amide bonds. The largest absolute Gasteiger partial charge is 0.391 e. The van der Waals surface area contributed by atoms with Gasteiger partial charge in [-0.2, -0.15) is 5.26 Å². The van der Waals surface area contributed by atoms with Crippen molar-refractivity contribution in [1.82, 2.24) is 0 Å². The molecular formula is C21H23NO6. The number of ketones is 2. The Balaban J connectivity index is 1.86. The number of carbonyl (C=O) groups is 2. The molecule has 8 atom stereocenters. The number of aliphatic hydroxyl groups excluding tert-OH is 2. The van der Waals surface area contributed by atoms with Crippen LogP contribution in [-0.2, 0) is 14.3 Å². The Labute approximate surface area is 162 Å². The van der Waals surface area contributed by atoms with E-state index in [1.54, 1.807) is 19.9 Å². The summed E-state index contributed by atoms with van der Waals surface area (Å²) in [7, 11) is 0. The Morgan fingerprint density at radius 1 is 1.21 bits per heavy atom. The van der Waals surface area contributed by atoms with Crippen molar-refractivity contribution in [1.29, 1.82) is 5.26 Å². The van der Waals surface area contributed by atoms with E-state index in [-0.39, 0.29) is 17.8 Å². The molecule has 28 heavy (non-hydrogen) atoms. The first kappa shape index (κ1) is 18.2. The summed E-state index contributed by atoms with van der Waals surface area (Å²) < 4.78 is 5.70. The van der Waals surface area contributed by atoms with E-state index >= 15 is 0 Å². The molecule has 3 saturated carbocycles. The van der Waals surface area contributed by atoms with E-state index in [0.717, 1.165) is 0 Å². The van der Waals surface area contributed by atoms with Crippen LogP contribution in [0.5, 0.6) is 0 Å². The van der Waals surface area contributed by atoms with Gasteiger partial charge in [-0.15, -0.1) is 0 Å². The lowest BCUT2D eigenvalue weighted by Crippen LogP contribution is -2.85. The Kier molecular flexibility index (Phi) is 3.13. The van der Waals surface area contributed by atoms with Gasteiger partial charge in [-0.05, 0) is 29.7 Å². The predicted octanol–water partition coefficient (Wildman–Crippen LogP) is 0.254. The maximum absolute atomic E-state index is 13.5. The fraction of sp³-hybridized carbons (Fsp3) is 0.667. The third kappa shape index (κ3) is 1.46. The molecular weight excluding hydrogens is 362 g/mol. The van der Waals surface area contributed by atoms with Gasteiger partial charge in [0, 0.05) is 11.8 Å². The summed E-state index contributed by atoms with van der Waals surface area (Å²) in [6.45, 7) is 7.24. The highest BCUT2D eigenvalue weighted by Gasteiger charge is 2.87. The van der Waals surface area contributed by atoms with Crippen LogP contribution in [0.1, 0.15) is 26.7 Å². The molecule has 0 radical (unpaired) electrons. The summed E-state index contributed by atoms with van der Waals surface area (Å²) in [5.74, 6) is -5.34. The second kappa shape index (κ2) is 4.82. The third-order valence-electron chi connectivity index (χ3n) is 8.40. The van der Waals surface area contributed by atoms with E-state index in [9.17, 15) is 30.2 Å². The zero-order chi connectivity index (χ0) is 20.4. The first-order chi connectivity index (χ1) is 13.0. The molecule has 0 aromatic heterocycles. The molecule has 2 aliphatic heterocycles. The van der Waals surface area contributed by atoms with Crippen molar-refractivity contribution in [2.75, 3.05) is 6.61 Å². The summed E-state index contributed by atoms with van der Waals surface area (Å²) >= 11 is 0. The van der Waals surface area contributed by atoms with Crippen LogP contribution in [0, 0.1) is 45.3 Å². The number of rotatable bonds is 0. The van der Waals surface area contributed by atoms with Gasteiger partial charge in [-0.3, -0.25) is 9.59 Å². The lowest BCUT2D eigenvalue weighted by atomic mass is 9.36. The molecule has 4 aliphatic carbocycles. The van der Waals surface area contributed by atoms with Crippen LogP contribution in [0.2, 0.25) is 0 Å². The van der Waals surface area contributed by atoms with Crippen molar-refractivity contribution in [2.45, 2.75) is 44.7 Å². The third-order valence-corrected chi connectivity index (χ3v) is 8.40. The number of nitrogens with zero attached hydrogens (tertiary/aromatic N) is 1. The van der Waals surface area contributed by atoms with Gasteiger partial charge in [0.1, 0.15) is 17.6 Å². The lowest BCUT2D eigenvalue weighted by molar-refractivity contribution is -0.433. The highest BCUT2D eigenvalue weighted by Crippen LogP contribution is 2.75. The number of Topliss-reactive ketones (excluding diaryl/α,β-unsaturated/α-hetero) is 2. The average molecular weight is 385 g/mol. The molecule has 4 bridgehead atoms. The zero-order valence-electron chi connectivity index (χ0n) is 15.8. The van der Waals surface area contributed by atoms with E-state index in [4.69, 9.17) is 4.74 Å². The summed E-state index contributed by atoms with van der Waals surface area (Å²) in [6, 6.07) is 1.96. The van der Waals surface area contributed by atoms with Crippen LogP contribution in [0.3, 0.4) is 0 Å². The number of nitriles is 1. The number of ether oxygens (including phenoxy) is 1. The van der Waals surface area contributed by atoms with E-state index in [1.165, 1.54) is 0 Å². The highest BCUT2D eigenvalue weighted by atomic mass is 16.6. The van der Waals surface area contributed by atoms with Crippen molar-refractivity contribution in [3.63, 3.8) is 0 Å². The van der Waals surface area contributed by atoms with Gasteiger partial charge in [0.2, 0.25) is 5.79 Å². The van der Waals surface area contributed by atoms with Gasteiger partial charge >= 0.3 is 0 Å². The molecule has 7 nitrogen and oxygen atoms in total. The fourth-order valence-electron chi connectivity index (χ4n) is 7.53. The lowest BCUT2D eigenvalue weighted by Gasteiger charge is -2.72. The van der Waals surface area contributed by atoms with Gasteiger partial charge < -0.3 is 20.1 Å². The van der Waals surface area contributed by atoms with Crippen molar-refractivity contribution in [2.24, 2.45) is 34.0 Å². The van der Waals surface area contributed by atoms with E-state index in [2.05, 4.69) is 6.58 Å². The molecule has 2 saturated heterocycles. The topological polar surface area (TPSA) is 128 Å². The molecule has 0 aromatic carbocycles. The zero-order valence-corrected chi connectivity index (χ0v) is 15.8. The molecule has 6 aliphatic rings. The number of hydrogen-bond acceptors (Lipinski definition) is 7. The summed E-state index contributed by atoms with van der Waals surface area (Å²) in [5, 5.41) is 43.6. The molecule has 7 heteroatoms. The van der Waals surface area contributed by atoms with Crippen molar-refractivity contribution >= 4 is 11.6 Å². The summed E-state index contributed by atoms with van der Waals surface area (Å²) in [6.07, 6.45) is -0.463. The van der Waals surface area contributed by atoms with E-state index < -0.39 is 63.6 Å². The molecule has 0 aromatic rings. The first-order valence-corrected chi connectivity index (χ1v) is 9.65. The van der Waals surface area contributed by atoms with E-state index in [0.29, 0.717) is 12.8 Å². The standard InChI is InChI=1S/C21H23NO6/c1-9-11-4-5-12-19-8-28-21(27,20(12,14(9)23)16(11)25)17(26)13(19)18(2,3)6-10(7-22)15(19)24/h6,11-13,16-17,25-27H,1,4-5,8H2,2-3H3/t11-,12-,13+,16?,17-,19-,20?,21-/m0/s1. The van der Waals surface area contributed by atoms with Crippen molar-refractivity contribution < 1.29 is 29.6 Å². The number of carbonyl (C=O) groups excluding carboxylic acids is 2. The van der Waals surface area contributed by atoms with Gasteiger partial charge in [0.15, 0.2) is 11.6 Å². The van der Waals surface area contributed by atoms with Crippen LogP contribution in [0.4, 0.5) is 0 Å². The molecule has 6 rings (SSSR count). The Bertz CT molecular complexity index is 930. The maximum Gasteiger partial charge on any atom is 0.208 e. The van der Waals surface area contributed by atoms with Crippen molar-refractivity contribution in [3.8, 4) is 6.07 Å². The van der Waals surface area contributed by atoms with Gasteiger partial charge in [-0.1, -0.05) is 26.5 Å². The predicted molar refractivity (Wildman–Crippen MR) is 94.1 cm³/mol. The summed E-state index contributed by atoms with van der Waals surface area (Å²) in [5.41, 5.74) is -3.82. The Hall–Kier alpha value is -1.85. The molecule has 2 heterocycles. The second-order valence-corrected chi connectivity index (χ2v) is 9.67. The SMILES string of the molecule is C=C1C(=O)C23C(O)[C@H]1CC[C@H]2[C@@]12CO[C@@]3(O)[C@@H](O)[C@@H]1C(C)(C)C=C(C#N)C2=O. The summed E-state index contributed by atoms with van der Waals surface area (Å²) in [4.78, 5) is 26.9. The number of hydrogen-bond donors (Lipinski definition) is 3. The molecule has 148 valence electrons. The van der Waals surface area contributed by atoms with Gasteiger partial charge in [-0.25, -0.2) is 0 Å². The normalized spacial score (nSPS) is 53.4. The highest BCUT2D eigenvalue weighted by molar-refractivity contribution is 6.09. The van der Waals surface area contributed by atoms with Crippen molar-refractivity contribution in [3.05, 3.63) is 23.8 Å². The van der Waals surface area contributed by atoms with Crippen LogP contribution in [-0.4, -0.2) is 51.5 Å². The van der Waals surface area contributed by atoms with E-state index in [1.807, 2.05) is 6.07 Å².